The molecule has 1 aromatic carbocycles. The van der Waals surface area contributed by atoms with E-state index in [4.69, 9.17) is 5.53 Å². The van der Waals surface area contributed by atoms with Crippen LogP contribution < -0.4 is 0 Å². The summed E-state index contributed by atoms with van der Waals surface area (Å²) in [5.74, 6) is 0. The quantitative estimate of drug-likeness (QED) is 0.245. The molecule has 0 saturated heterocycles. The Hall–Kier alpha value is -1.76. The van der Waals surface area contributed by atoms with Crippen LogP contribution in [0.4, 0.5) is 0 Å². The highest BCUT2D eigenvalue weighted by Gasteiger charge is 2.15. The van der Waals surface area contributed by atoms with Crippen LogP contribution in [0.3, 0.4) is 0 Å². The van der Waals surface area contributed by atoms with Gasteiger partial charge in [0.25, 0.3) is 9.84 Å². The number of hydrogen-bond donors (Lipinski definition) is 0. The number of sulfone groups is 1. The van der Waals surface area contributed by atoms with Gasteiger partial charge in [-0.05, 0) is 17.7 Å². The van der Waals surface area contributed by atoms with Crippen molar-refractivity contribution < 1.29 is 21.6 Å². The lowest BCUT2D eigenvalue weighted by molar-refractivity contribution is 0.00754. The summed E-state index contributed by atoms with van der Waals surface area (Å²) in [7, 11) is -6.10. The van der Waals surface area contributed by atoms with Gasteiger partial charge in [-0.1, -0.05) is 12.1 Å². The Labute approximate surface area is 93.2 Å². The summed E-state index contributed by atoms with van der Waals surface area (Å²) in [6.07, 6.45) is 0. The third-order valence-electron chi connectivity index (χ3n) is 1.63. The van der Waals surface area contributed by atoms with Crippen molar-refractivity contribution in [2.24, 2.45) is 0 Å². The van der Waals surface area contributed by atoms with Crippen molar-refractivity contribution in [1.29, 1.82) is 0 Å². The topological polar surface area (TPSA) is 105 Å². The van der Waals surface area contributed by atoms with Crippen molar-refractivity contribution in [3.8, 4) is 0 Å². The Kier molecular flexibility index (Phi) is 3.73. The van der Waals surface area contributed by atoms with Gasteiger partial charge in [0, 0.05) is 0 Å². The third-order valence-corrected chi connectivity index (χ3v) is 3.39. The predicted octanol–water partition coefficient (Wildman–Crippen LogP) is -0.252. The molecule has 0 amide bonds. The van der Waals surface area contributed by atoms with Crippen LogP contribution in [0.2, 0.25) is 0 Å². The Bertz CT molecular complexity index is 657. The zero-order chi connectivity index (χ0) is 12.2. The van der Waals surface area contributed by atoms with E-state index in [-0.39, 0.29) is 4.90 Å². The van der Waals surface area contributed by atoms with E-state index in [1.54, 1.807) is 0 Å². The second-order valence-corrected chi connectivity index (χ2v) is 5.24. The molecule has 0 aliphatic carbocycles. The summed E-state index contributed by atoms with van der Waals surface area (Å²) in [5.41, 5.74) is 8.89. The Morgan fingerprint density at radius 2 is 1.75 bits per heavy atom. The molecule has 0 radical (unpaired) electrons. The fourth-order valence-electron chi connectivity index (χ4n) is 0.970. The Morgan fingerprint density at radius 1 is 1.19 bits per heavy atom. The molecular weight excluding hydrogens is 252 g/mol. The highest BCUT2D eigenvalue weighted by Crippen LogP contribution is 2.09. The van der Waals surface area contributed by atoms with Gasteiger partial charge < -0.3 is 5.53 Å². The van der Waals surface area contributed by atoms with Crippen molar-refractivity contribution in [3.05, 3.63) is 35.4 Å². The van der Waals surface area contributed by atoms with Crippen molar-refractivity contribution in [3.63, 3.8) is 0 Å². The van der Waals surface area contributed by atoms with E-state index >= 15 is 0 Å². The average Bonchev–Trinajstić information content (AvgIpc) is 2.17. The second kappa shape index (κ2) is 4.84. The van der Waals surface area contributed by atoms with Crippen LogP contribution in [0.1, 0.15) is 5.56 Å². The summed E-state index contributed by atoms with van der Waals surface area (Å²) < 4.78 is 43.3. The van der Waals surface area contributed by atoms with Gasteiger partial charge in [0.05, 0.1) is 10.3 Å². The van der Waals surface area contributed by atoms with E-state index < -0.39 is 20.1 Å². The smallest absolute Gasteiger partial charge is 0.361 e. The predicted molar refractivity (Wildman–Crippen MR) is 57.4 cm³/mol. The van der Waals surface area contributed by atoms with Crippen molar-refractivity contribution in [1.82, 2.24) is 0 Å². The molecule has 8 heteroatoms. The lowest BCUT2D eigenvalue weighted by atomic mass is 10.2. The zero-order valence-electron chi connectivity index (χ0n) is 7.81. The minimum absolute atomic E-state index is 0.0841. The Morgan fingerprint density at radius 3 is 2.19 bits per heavy atom. The van der Waals surface area contributed by atoms with Crippen LogP contribution in [0.25, 0.3) is 5.53 Å². The van der Waals surface area contributed by atoms with Crippen molar-refractivity contribution in [2.45, 2.75) is 4.90 Å². The summed E-state index contributed by atoms with van der Waals surface area (Å²) in [4.78, 5) is 2.35. The van der Waals surface area contributed by atoms with Crippen LogP contribution in [0, 0.1) is 0 Å². The minimum Gasteiger partial charge on any atom is -0.361 e. The highest BCUT2D eigenvalue weighted by atomic mass is 32.2. The van der Waals surface area contributed by atoms with Crippen LogP contribution in [0.15, 0.2) is 29.2 Å². The maximum absolute atomic E-state index is 11.3. The molecule has 0 heterocycles. The van der Waals surface area contributed by atoms with Gasteiger partial charge in [-0.25, -0.2) is 8.42 Å². The molecular formula is C8H6N2O4S2. The summed E-state index contributed by atoms with van der Waals surface area (Å²) >= 11 is 0. The molecule has 0 fully saturated rings. The zero-order valence-corrected chi connectivity index (χ0v) is 9.44. The number of hydrogen-bond acceptors (Lipinski definition) is 4. The molecule has 16 heavy (non-hydrogen) atoms. The lowest BCUT2D eigenvalue weighted by Crippen LogP contribution is -2.02. The molecule has 6 nitrogen and oxygen atoms in total. The van der Waals surface area contributed by atoms with Crippen LogP contribution in [-0.4, -0.2) is 32.5 Å². The Balaban J connectivity index is 3.24. The number of rotatable bonds is 3. The maximum Gasteiger partial charge on any atom is 0.374 e. The number of nitrogens with zero attached hydrogens (tertiary/aromatic N) is 2. The molecule has 0 N–H and O–H groups in total. The molecule has 1 aromatic rings. The van der Waals surface area contributed by atoms with Gasteiger partial charge in [-0.3, -0.25) is 0 Å². The van der Waals surface area contributed by atoms with Crippen LogP contribution in [0.5, 0.6) is 0 Å². The molecule has 1 rings (SSSR count). The molecule has 84 valence electrons. The van der Waals surface area contributed by atoms with E-state index in [2.05, 4.69) is 4.79 Å². The molecule has 0 spiro atoms. The van der Waals surface area contributed by atoms with E-state index in [1.807, 2.05) is 0 Å². The normalized spacial score (nSPS) is 10.2. The third kappa shape index (κ3) is 3.13. The van der Waals surface area contributed by atoms with Crippen molar-refractivity contribution >= 4 is 31.0 Å². The fourth-order valence-corrected chi connectivity index (χ4v) is 2.11. The van der Waals surface area contributed by atoms with E-state index in [0.717, 1.165) is 5.37 Å². The molecule has 0 unspecified atom stereocenters. The first-order valence-electron chi connectivity index (χ1n) is 3.91. The van der Waals surface area contributed by atoms with Gasteiger partial charge in [-0.15, -0.1) is 0 Å². The SMILES string of the molecule is [N-]=[N+]=CS(=O)(=O)c1ccc(C=S(=O)=O)cc1. The second-order valence-electron chi connectivity index (χ2n) is 2.71. The summed E-state index contributed by atoms with van der Waals surface area (Å²) in [5, 5.41) is 0.941. The molecule has 0 aliphatic rings. The first kappa shape index (κ1) is 12.3. The maximum atomic E-state index is 11.3. The molecule has 0 bridgehead atoms. The molecule has 0 atom stereocenters. The van der Waals surface area contributed by atoms with Gasteiger partial charge in [-0.2, -0.15) is 13.2 Å². The van der Waals surface area contributed by atoms with Crippen molar-refractivity contribution in [2.75, 3.05) is 0 Å². The van der Waals surface area contributed by atoms with Gasteiger partial charge in [0.15, 0.2) is 0 Å². The first-order chi connectivity index (χ1) is 7.45. The number of benzene rings is 1. The monoisotopic (exact) mass is 258 g/mol. The fraction of sp³-hybridized carbons (Fsp3) is 0. The van der Waals surface area contributed by atoms with Gasteiger partial charge in [0.2, 0.25) is 10.3 Å². The molecule has 0 saturated carbocycles. The first-order valence-corrected chi connectivity index (χ1v) is 6.59. The molecule has 0 aliphatic heterocycles. The standard InChI is InChI=1S/C8H6N2O4S2/c9-10-6-16(13,14)8-3-1-7(2-4-8)5-15(11)12/h1-6H. The highest BCUT2D eigenvalue weighted by molar-refractivity contribution is 8.04. The van der Waals surface area contributed by atoms with Gasteiger partial charge in [0.1, 0.15) is 0 Å². The largest absolute Gasteiger partial charge is 0.374 e. The summed E-state index contributed by atoms with van der Waals surface area (Å²) in [6.45, 7) is 0. The van der Waals surface area contributed by atoms with E-state index in [0.29, 0.717) is 11.1 Å². The molecule has 0 aromatic heterocycles. The summed E-state index contributed by atoms with van der Waals surface area (Å²) in [6, 6.07) is 5.09. The van der Waals surface area contributed by atoms with Crippen LogP contribution in [-0.2, 0) is 20.1 Å². The van der Waals surface area contributed by atoms with Gasteiger partial charge >= 0.3 is 5.55 Å². The average molecular weight is 258 g/mol. The minimum atomic E-state index is -3.77. The van der Waals surface area contributed by atoms with Crippen LogP contribution >= 0.6 is 0 Å². The lowest BCUT2D eigenvalue weighted by Gasteiger charge is -1.94. The van der Waals surface area contributed by atoms with E-state index in [1.165, 1.54) is 24.3 Å². The van der Waals surface area contributed by atoms with E-state index in [9.17, 15) is 16.8 Å².